The summed E-state index contributed by atoms with van der Waals surface area (Å²) in [5.74, 6) is 0.0642. The van der Waals surface area contributed by atoms with Crippen LogP contribution < -0.4 is 24.8 Å². The molecule has 0 radical (unpaired) electrons. The standard InChI is InChI=1S/C29H37F5N4O5/c1-18-19(8-20(35-2)11-25(18)42-27(30)31)14-38-17-28(13-22(38)16-41-28)26-15-37(5-7-40-26)4-6-39-23-9-21(36-3)10-24(12-23)43-29(32,33)34/h8-12,22,26-27,35-36H,4-7,13-17H2,1-3H3. The molecule has 0 aliphatic carbocycles. The number of nitrogens with one attached hydrogen (secondary N) is 2. The molecule has 0 spiro atoms. The van der Waals surface area contributed by atoms with Crippen molar-refractivity contribution in [3.63, 3.8) is 0 Å². The Morgan fingerprint density at radius 2 is 1.81 bits per heavy atom. The number of hydrogen-bond acceptors (Lipinski definition) is 9. The second kappa shape index (κ2) is 12.9. The number of anilines is 2. The Hall–Kier alpha value is -3.07. The lowest BCUT2D eigenvalue weighted by atomic mass is 9.94. The Morgan fingerprint density at radius 1 is 1.07 bits per heavy atom. The summed E-state index contributed by atoms with van der Waals surface area (Å²) in [4.78, 5) is 4.52. The lowest BCUT2D eigenvalue weighted by molar-refractivity contribution is -0.274. The van der Waals surface area contributed by atoms with Crippen molar-refractivity contribution in [1.82, 2.24) is 9.80 Å². The minimum Gasteiger partial charge on any atom is -0.492 e. The first-order valence-electron chi connectivity index (χ1n) is 14.2. The maximum Gasteiger partial charge on any atom is 0.573 e. The van der Waals surface area contributed by atoms with E-state index in [1.54, 1.807) is 33.2 Å². The molecule has 3 atom stereocenters. The largest absolute Gasteiger partial charge is 0.573 e. The number of benzene rings is 2. The van der Waals surface area contributed by atoms with Gasteiger partial charge < -0.3 is 34.3 Å². The monoisotopic (exact) mass is 616 g/mol. The summed E-state index contributed by atoms with van der Waals surface area (Å²) in [5, 5.41) is 5.83. The fourth-order valence-electron chi connectivity index (χ4n) is 6.11. The number of rotatable bonds is 12. The SMILES string of the molecule is CNc1cc(OCCN2CCOC(C34CC(CO3)N(Cc3cc(NC)cc(OC(F)F)c3C)C4)C2)cc(OC(F)(F)F)c1. The van der Waals surface area contributed by atoms with E-state index in [0.29, 0.717) is 62.9 Å². The summed E-state index contributed by atoms with van der Waals surface area (Å²) < 4.78 is 91.4. The number of likely N-dealkylation sites (tertiary alicyclic amines) is 1. The molecule has 0 aromatic heterocycles. The zero-order chi connectivity index (χ0) is 30.8. The lowest BCUT2D eigenvalue weighted by Gasteiger charge is -2.43. The van der Waals surface area contributed by atoms with Crippen molar-refractivity contribution >= 4 is 11.4 Å². The molecule has 5 rings (SSSR count). The predicted octanol–water partition coefficient (Wildman–Crippen LogP) is 4.70. The van der Waals surface area contributed by atoms with Crippen LogP contribution in [0.2, 0.25) is 0 Å². The summed E-state index contributed by atoms with van der Waals surface area (Å²) in [6.45, 7) is 3.25. The van der Waals surface area contributed by atoms with Crippen LogP contribution in [-0.2, 0) is 16.0 Å². The van der Waals surface area contributed by atoms with Crippen molar-refractivity contribution in [1.29, 1.82) is 0 Å². The van der Waals surface area contributed by atoms with Gasteiger partial charge in [-0.25, -0.2) is 0 Å². The average molecular weight is 617 g/mol. The van der Waals surface area contributed by atoms with Gasteiger partial charge in [0.1, 0.15) is 35.6 Å². The highest BCUT2D eigenvalue weighted by molar-refractivity contribution is 5.55. The molecule has 2 aromatic rings. The van der Waals surface area contributed by atoms with E-state index in [1.165, 1.54) is 12.1 Å². The molecule has 0 amide bonds. The number of morpholine rings is 2. The van der Waals surface area contributed by atoms with Crippen LogP contribution >= 0.6 is 0 Å². The molecule has 2 N–H and O–H groups in total. The Kier molecular flexibility index (Phi) is 9.40. The van der Waals surface area contributed by atoms with Crippen molar-refractivity contribution < 1.29 is 45.6 Å². The van der Waals surface area contributed by atoms with E-state index in [2.05, 4.69) is 25.2 Å². The van der Waals surface area contributed by atoms with E-state index >= 15 is 0 Å². The number of hydrogen-bond donors (Lipinski definition) is 2. The van der Waals surface area contributed by atoms with Crippen LogP contribution in [0.1, 0.15) is 17.5 Å². The van der Waals surface area contributed by atoms with Gasteiger partial charge in [0.05, 0.1) is 13.2 Å². The third kappa shape index (κ3) is 7.54. The third-order valence-corrected chi connectivity index (χ3v) is 8.29. The highest BCUT2D eigenvalue weighted by Crippen LogP contribution is 2.43. The Balaban J connectivity index is 1.19. The molecule has 3 aliphatic heterocycles. The first kappa shape index (κ1) is 31.4. The first-order valence-corrected chi connectivity index (χ1v) is 14.2. The van der Waals surface area contributed by atoms with Crippen LogP contribution in [-0.4, -0.2) is 101 Å². The molecule has 2 bridgehead atoms. The molecule has 238 valence electrons. The number of halogens is 5. The highest BCUT2D eigenvalue weighted by Gasteiger charge is 2.56. The maximum atomic E-state index is 13.0. The molecule has 3 fully saturated rings. The van der Waals surface area contributed by atoms with Gasteiger partial charge in [0.2, 0.25) is 0 Å². The van der Waals surface area contributed by atoms with Crippen molar-refractivity contribution in [2.45, 2.75) is 50.6 Å². The van der Waals surface area contributed by atoms with Crippen LogP contribution in [0.5, 0.6) is 17.2 Å². The van der Waals surface area contributed by atoms with Crippen LogP contribution in [0.3, 0.4) is 0 Å². The lowest BCUT2D eigenvalue weighted by Crippen LogP contribution is -2.57. The summed E-state index contributed by atoms with van der Waals surface area (Å²) in [7, 11) is 3.33. The number of alkyl halides is 5. The van der Waals surface area contributed by atoms with Crippen LogP contribution in [0, 0.1) is 6.92 Å². The smallest absolute Gasteiger partial charge is 0.492 e. The Labute approximate surface area is 247 Å². The van der Waals surface area contributed by atoms with Gasteiger partial charge in [-0.15, -0.1) is 13.2 Å². The van der Waals surface area contributed by atoms with Gasteiger partial charge in [-0.05, 0) is 30.5 Å². The molecule has 3 heterocycles. The quantitative estimate of drug-likeness (QED) is 0.330. The van der Waals surface area contributed by atoms with Crippen LogP contribution in [0.4, 0.5) is 33.3 Å². The minimum absolute atomic E-state index is 0.155. The number of fused-ring (bicyclic) bond motifs is 2. The average Bonchev–Trinajstić information content (AvgIpc) is 3.54. The second-order valence-electron chi connectivity index (χ2n) is 11.0. The number of nitrogens with zero attached hydrogens (tertiary/aromatic N) is 2. The fraction of sp³-hybridized carbons (Fsp3) is 0.586. The zero-order valence-electron chi connectivity index (χ0n) is 24.3. The summed E-state index contributed by atoms with van der Waals surface area (Å²) in [6.07, 6.45) is -4.19. The van der Waals surface area contributed by atoms with Crippen LogP contribution in [0.25, 0.3) is 0 Å². The second-order valence-corrected chi connectivity index (χ2v) is 11.0. The molecular formula is C29H37F5N4O5. The van der Waals surface area contributed by atoms with E-state index in [9.17, 15) is 22.0 Å². The van der Waals surface area contributed by atoms with Crippen molar-refractivity contribution in [3.05, 3.63) is 41.5 Å². The van der Waals surface area contributed by atoms with E-state index in [4.69, 9.17) is 18.9 Å². The van der Waals surface area contributed by atoms with E-state index in [1.807, 2.05) is 6.07 Å². The van der Waals surface area contributed by atoms with E-state index < -0.39 is 18.6 Å². The summed E-state index contributed by atoms with van der Waals surface area (Å²) >= 11 is 0. The first-order chi connectivity index (χ1) is 20.5. The molecule has 14 heteroatoms. The van der Waals surface area contributed by atoms with Gasteiger partial charge in [-0.1, -0.05) is 0 Å². The van der Waals surface area contributed by atoms with Gasteiger partial charge in [0.15, 0.2) is 0 Å². The van der Waals surface area contributed by atoms with Gasteiger partial charge in [0, 0.05) is 88.5 Å². The highest BCUT2D eigenvalue weighted by atomic mass is 19.4. The Morgan fingerprint density at radius 3 is 2.53 bits per heavy atom. The third-order valence-electron chi connectivity index (χ3n) is 8.29. The van der Waals surface area contributed by atoms with Crippen molar-refractivity contribution in [3.8, 4) is 17.2 Å². The molecule has 3 aliphatic rings. The van der Waals surface area contributed by atoms with Gasteiger partial charge in [0.25, 0.3) is 0 Å². The number of ether oxygens (including phenoxy) is 5. The predicted molar refractivity (Wildman–Crippen MR) is 149 cm³/mol. The topological polar surface area (TPSA) is 76.7 Å². The normalized spacial score (nSPS) is 24.4. The van der Waals surface area contributed by atoms with Crippen molar-refractivity contribution in [2.75, 3.05) is 70.7 Å². The molecular weight excluding hydrogens is 579 g/mol. The Bertz CT molecular complexity index is 1270. The maximum absolute atomic E-state index is 13.0. The van der Waals surface area contributed by atoms with Crippen LogP contribution in [0.15, 0.2) is 30.3 Å². The molecule has 0 saturated carbocycles. The zero-order valence-corrected chi connectivity index (χ0v) is 24.3. The molecule has 9 nitrogen and oxygen atoms in total. The molecule has 3 saturated heterocycles. The summed E-state index contributed by atoms with van der Waals surface area (Å²) in [5.41, 5.74) is 2.22. The van der Waals surface area contributed by atoms with Gasteiger partial charge >= 0.3 is 13.0 Å². The minimum atomic E-state index is -4.80. The fourth-order valence-corrected chi connectivity index (χ4v) is 6.11. The molecule has 2 aromatic carbocycles. The van der Waals surface area contributed by atoms with E-state index in [-0.39, 0.29) is 36.0 Å². The van der Waals surface area contributed by atoms with Gasteiger partial charge in [-0.3, -0.25) is 9.80 Å². The van der Waals surface area contributed by atoms with E-state index in [0.717, 1.165) is 12.0 Å². The molecule has 43 heavy (non-hydrogen) atoms. The molecule has 3 unspecified atom stereocenters. The van der Waals surface area contributed by atoms with Crippen molar-refractivity contribution in [2.24, 2.45) is 0 Å². The van der Waals surface area contributed by atoms with Gasteiger partial charge in [-0.2, -0.15) is 8.78 Å². The summed E-state index contributed by atoms with van der Waals surface area (Å²) in [6, 6.07) is 7.78.